The van der Waals surface area contributed by atoms with Crippen LogP contribution >= 0.6 is 0 Å². The van der Waals surface area contributed by atoms with Gasteiger partial charge in [-0.15, -0.1) is 0 Å². The summed E-state index contributed by atoms with van der Waals surface area (Å²) in [7, 11) is 0. The Hall–Kier alpha value is 1.90. The molecule has 4 heavy (non-hydrogen) atoms. The molecule has 0 aliphatic rings. The summed E-state index contributed by atoms with van der Waals surface area (Å²) in [5.74, 6) is 0. The first kappa shape index (κ1) is 16.8. The molecule has 0 atom stereocenters. The molecule has 0 aliphatic heterocycles. The molecule has 4 heteroatoms. The van der Waals surface area contributed by atoms with Crippen LogP contribution in [0.15, 0.2) is 0 Å². The summed E-state index contributed by atoms with van der Waals surface area (Å²) in [6, 6.07) is 0. The van der Waals surface area contributed by atoms with Crippen molar-refractivity contribution >= 4 is 62.9 Å². The topological polar surface area (TPSA) is 17.1 Å². The summed E-state index contributed by atoms with van der Waals surface area (Å²) in [5.41, 5.74) is 0. The van der Waals surface area contributed by atoms with E-state index in [-0.39, 0.29) is 40.4 Å². The summed E-state index contributed by atoms with van der Waals surface area (Å²) >= 11 is 0.300. The van der Waals surface area contributed by atoms with Crippen LogP contribution < -0.4 is 0 Å². The molecular formula is H5AlMgOSn. The van der Waals surface area contributed by atoms with Crippen molar-refractivity contribution < 1.29 is 3.08 Å². The van der Waals surface area contributed by atoms with Crippen LogP contribution in [0, 0.1) is 0 Å². The van der Waals surface area contributed by atoms with Crippen molar-refractivity contribution in [3.63, 3.8) is 0 Å². The molecule has 0 saturated heterocycles. The van der Waals surface area contributed by atoms with Crippen LogP contribution in [-0.4, -0.2) is 62.9 Å². The third-order valence-electron chi connectivity index (χ3n) is 0. The summed E-state index contributed by atoms with van der Waals surface area (Å²) in [6.45, 7) is 0. The van der Waals surface area contributed by atoms with Crippen LogP contribution in [0.1, 0.15) is 0 Å². The van der Waals surface area contributed by atoms with Gasteiger partial charge in [0, 0.05) is 0 Å². The van der Waals surface area contributed by atoms with E-state index in [2.05, 4.69) is 0 Å². The van der Waals surface area contributed by atoms with E-state index < -0.39 is 0 Å². The van der Waals surface area contributed by atoms with Gasteiger partial charge >= 0.3 is 48.6 Å². The van der Waals surface area contributed by atoms with Crippen molar-refractivity contribution in [3.05, 3.63) is 0 Å². The van der Waals surface area contributed by atoms with Crippen molar-refractivity contribution in [1.82, 2.24) is 0 Å². The molecule has 0 heterocycles. The summed E-state index contributed by atoms with van der Waals surface area (Å²) in [4.78, 5) is 0. The number of rotatable bonds is 0. The first-order chi connectivity index (χ1) is 1.00. The van der Waals surface area contributed by atoms with Crippen molar-refractivity contribution in [2.24, 2.45) is 0 Å². The van der Waals surface area contributed by atoms with Gasteiger partial charge in [0.25, 0.3) is 0 Å². The van der Waals surface area contributed by atoms with Crippen LogP contribution in [0.4, 0.5) is 0 Å². The second-order valence-electron chi connectivity index (χ2n) is 0. The fourth-order valence-corrected chi connectivity index (χ4v) is 0. The van der Waals surface area contributed by atoms with Crippen molar-refractivity contribution in [2.45, 2.75) is 0 Å². The molecular weight excluding hydrogens is 186 g/mol. The molecule has 20 valence electrons. The summed E-state index contributed by atoms with van der Waals surface area (Å²) in [5, 5.41) is 0. The van der Waals surface area contributed by atoms with Crippen LogP contribution in [0.25, 0.3) is 0 Å². The van der Waals surface area contributed by atoms with Gasteiger partial charge in [0.15, 0.2) is 17.4 Å². The molecule has 0 spiro atoms. The molecule has 0 fully saturated rings. The minimum absolute atomic E-state index is 0. The first-order valence-corrected chi connectivity index (χ1v) is 1.37. The number of hydrogen-bond acceptors (Lipinski definition) is 1. The predicted molar refractivity (Wildman–Crippen MR) is 24.9 cm³/mol. The molecule has 0 saturated carbocycles. The maximum absolute atomic E-state index is 8.34. The molecule has 0 aromatic rings. The van der Waals surface area contributed by atoms with Gasteiger partial charge in [0.2, 0.25) is 0 Å². The van der Waals surface area contributed by atoms with E-state index in [4.69, 9.17) is 3.08 Å². The first-order valence-electron chi connectivity index (χ1n) is 0.204. The van der Waals surface area contributed by atoms with Gasteiger partial charge in [-0.3, -0.25) is 0 Å². The van der Waals surface area contributed by atoms with Gasteiger partial charge in [-0.1, -0.05) is 0 Å². The zero-order valence-corrected chi connectivity index (χ0v) is 3.76. The average molecular weight is 191 g/mol. The van der Waals surface area contributed by atoms with Crippen LogP contribution in [0.5, 0.6) is 0 Å². The summed E-state index contributed by atoms with van der Waals surface area (Å²) < 4.78 is 8.34. The Morgan fingerprint density at radius 2 is 1.25 bits per heavy atom. The second-order valence-corrected chi connectivity index (χ2v) is 0. The summed E-state index contributed by atoms with van der Waals surface area (Å²) in [6.07, 6.45) is 0. The van der Waals surface area contributed by atoms with E-state index in [1.807, 2.05) is 0 Å². The second kappa shape index (κ2) is 20.7. The minimum atomic E-state index is 0. The molecule has 0 unspecified atom stereocenters. The van der Waals surface area contributed by atoms with Gasteiger partial charge in [-0.25, -0.2) is 0 Å². The Bertz CT molecular complexity index is 8.00. The van der Waals surface area contributed by atoms with Gasteiger partial charge < -0.3 is 0 Å². The Morgan fingerprint density at radius 1 is 1.25 bits per heavy atom. The van der Waals surface area contributed by atoms with Crippen molar-refractivity contribution in [1.29, 1.82) is 0 Å². The third-order valence-corrected chi connectivity index (χ3v) is 0. The standard InChI is InChI=1S/Al.Mg.O.Sn.5H. The maximum atomic E-state index is 8.34. The Kier molecular flexibility index (Phi) is 87.0. The SMILES string of the molecule is [AlH3].[MgH2].[O]=[Sn]. The number of hydrogen-bond donors (Lipinski definition) is 0. The molecule has 0 N–H and O–H groups in total. The molecule has 0 aromatic carbocycles. The quantitative estimate of drug-likeness (QED) is 0.384. The van der Waals surface area contributed by atoms with Crippen molar-refractivity contribution in [3.8, 4) is 0 Å². The van der Waals surface area contributed by atoms with Crippen LogP contribution in [0.2, 0.25) is 0 Å². The molecule has 1 nitrogen and oxygen atoms in total. The van der Waals surface area contributed by atoms with E-state index in [1.54, 1.807) is 0 Å². The zero-order chi connectivity index (χ0) is 2.00. The van der Waals surface area contributed by atoms with E-state index in [1.165, 1.54) is 0 Å². The van der Waals surface area contributed by atoms with Gasteiger partial charge in [0.1, 0.15) is 0 Å². The molecule has 2 radical (unpaired) electrons. The third kappa shape index (κ3) is 9.09. The Balaban J connectivity index is -0.00000000500. The Labute approximate surface area is 65.3 Å². The fraction of sp³-hybridized carbons (Fsp3) is 0. The average Bonchev–Trinajstić information content (AvgIpc) is 1.00. The Morgan fingerprint density at radius 3 is 1.25 bits per heavy atom. The van der Waals surface area contributed by atoms with Gasteiger partial charge in [0.05, 0.1) is 0 Å². The van der Waals surface area contributed by atoms with Crippen molar-refractivity contribution in [2.75, 3.05) is 0 Å². The van der Waals surface area contributed by atoms with Crippen LogP contribution in [0.3, 0.4) is 0 Å². The molecule has 0 bridgehead atoms. The van der Waals surface area contributed by atoms with E-state index in [0.29, 0.717) is 22.5 Å². The fourth-order valence-electron chi connectivity index (χ4n) is 0. The predicted octanol–water partition coefficient (Wildman–Crippen LogP) is -2.60. The molecule has 0 amide bonds. The van der Waals surface area contributed by atoms with E-state index >= 15 is 0 Å². The zero-order valence-electron chi connectivity index (χ0n) is 0.908. The van der Waals surface area contributed by atoms with E-state index in [9.17, 15) is 0 Å². The molecule has 0 aromatic heterocycles. The normalized spacial score (nSPS) is 1.00. The van der Waals surface area contributed by atoms with Gasteiger partial charge in [-0.05, 0) is 0 Å². The van der Waals surface area contributed by atoms with Gasteiger partial charge in [-0.2, -0.15) is 0 Å². The molecule has 0 aliphatic carbocycles. The van der Waals surface area contributed by atoms with Crippen LogP contribution in [-0.2, 0) is 3.08 Å². The molecule has 0 rings (SSSR count). The monoisotopic (exact) mass is 192 g/mol. The van der Waals surface area contributed by atoms with E-state index in [0.717, 1.165) is 0 Å².